The molecule has 5 heteroatoms. The van der Waals surface area contributed by atoms with Crippen molar-refractivity contribution in [3.05, 3.63) is 12.2 Å². The lowest BCUT2D eigenvalue weighted by Crippen LogP contribution is -2.28. The van der Waals surface area contributed by atoms with Crippen molar-refractivity contribution in [1.82, 2.24) is 0 Å². The minimum absolute atomic E-state index is 0.0139. The molecule has 0 rings (SSSR count). The Morgan fingerprint density at radius 1 is 1.40 bits per heavy atom. The number of halogens is 3. The van der Waals surface area contributed by atoms with Gasteiger partial charge in [-0.2, -0.15) is 13.2 Å². The van der Waals surface area contributed by atoms with Gasteiger partial charge in [-0.15, -0.1) is 0 Å². The second kappa shape index (κ2) is 5.19. The summed E-state index contributed by atoms with van der Waals surface area (Å²) in [6.07, 6.45) is -4.74. The van der Waals surface area contributed by atoms with Gasteiger partial charge in [-0.1, -0.05) is 27.4 Å². The number of carbonyl (C=O) groups is 1. The fourth-order valence-electron chi connectivity index (χ4n) is 1.02. The Kier molecular flexibility index (Phi) is 4.84. The molecule has 0 amide bonds. The number of rotatable bonds is 4. The molecule has 88 valence electrons. The zero-order valence-electron chi connectivity index (χ0n) is 9.02. The average molecular weight is 224 g/mol. The number of esters is 1. The van der Waals surface area contributed by atoms with Crippen LogP contribution in [-0.4, -0.2) is 18.2 Å². The van der Waals surface area contributed by atoms with Crippen LogP contribution >= 0.6 is 0 Å². The molecule has 0 aliphatic carbocycles. The van der Waals surface area contributed by atoms with E-state index in [2.05, 4.69) is 6.58 Å². The molecule has 0 aromatic heterocycles. The van der Waals surface area contributed by atoms with E-state index in [0.717, 1.165) is 0 Å². The highest BCUT2D eigenvalue weighted by Gasteiger charge is 2.38. The van der Waals surface area contributed by atoms with E-state index in [-0.39, 0.29) is 5.92 Å². The van der Waals surface area contributed by atoms with Gasteiger partial charge >= 0.3 is 12.1 Å². The van der Waals surface area contributed by atoms with E-state index in [1.54, 1.807) is 20.8 Å². The van der Waals surface area contributed by atoms with Crippen LogP contribution in [0.25, 0.3) is 0 Å². The van der Waals surface area contributed by atoms with E-state index >= 15 is 0 Å². The van der Waals surface area contributed by atoms with Crippen molar-refractivity contribution in [3.8, 4) is 0 Å². The number of ether oxygens (including phenoxy) is 1. The summed E-state index contributed by atoms with van der Waals surface area (Å²) < 4.78 is 40.9. The predicted molar refractivity (Wildman–Crippen MR) is 50.2 cm³/mol. The van der Waals surface area contributed by atoms with Crippen molar-refractivity contribution in [2.75, 3.05) is 0 Å². The monoisotopic (exact) mass is 224 g/mol. The van der Waals surface area contributed by atoms with Crippen molar-refractivity contribution < 1.29 is 22.7 Å². The molecule has 0 spiro atoms. The van der Waals surface area contributed by atoms with Gasteiger partial charge in [0.2, 0.25) is 0 Å². The van der Waals surface area contributed by atoms with Crippen molar-refractivity contribution in [2.45, 2.75) is 39.5 Å². The van der Waals surface area contributed by atoms with E-state index in [9.17, 15) is 18.0 Å². The molecular weight excluding hydrogens is 209 g/mol. The van der Waals surface area contributed by atoms with Gasteiger partial charge in [-0.3, -0.25) is 0 Å². The van der Waals surface area contributed by atoms with E-state index in [1.165, 1.54) is 0 Å². The highest BCUT2D eigenvalue weighted by molar-refractivity contribution is 5.89. The lowest BCUT2D eigenvalue weighted by Gasteiger charge is -2.20. The number of hydrogen-bond donors (Lipinski definition) is 0. The highest BCUT2D eigenvalue weighted by Crippen LogP contribution is 2.26. The molecule has 0 aliphatic heterocycles. The molecule has 0 saturated heterocycles. The molecule has 1 atom stereocenters. The first kappa shape index (κ1) is 14.0. The molecule has 0 saturated carbocycles. The number of carbonyl (C=O) groups excluding carboxylic acids is 1. The van der Waals surface area contributed by atoms with Crippen LogP contribution < -0.4 is 0 Å². The third kappa shape index (κ3) is 4.36. The summed E-state index contributed by atoms with van der Waals surface area (Å²) in [5, 5.41) is 0. The summed E-state index contributed by atoms with van der Waals surface area (Å²) in [6, 6.07) is 0. The minimum atomic E-state index is -4.72. The maximum Gasteiger partial charge on any atom is 0.422 e. The Balaban J connectivity index is 4.43. The summed E-state index contributed by atoms with van der Waals surface area (Å²) in [6.45, 7) is 7.97. The van der Waals surface area contributed by atoms with Gasteiger partial charge in [-0.25, -0.2) is 4.79 Å². The molecule has 1 unspecified atom stereocenters. The third-order valence-electron chi connectivity index (χ3n) is 1.99. The SMILES string of the molecule is C=C(C(=O)OC(CC)C(C)C)C(F)(F)F. The molecule has 0 radical (unpaired) electrons. The fraction of sp³-hybridized carbons (Fsp3) is 0.700. The molecule has 0 fully saturated rings. The predicted octanol–water partition coefficient (Wildman–Crippen LogP) is 3.08. The molecular formula is C10H15F3O2. The smallest absolute Gasteiger partial charge is 0.422 e. The average Bonchev–Trinajstić information content (AvgIpc) is 2.10. The van der Waals surface area contributed by atoms with Gasteiger partial charge in [0.25, 0.3) is 0 Å². The molecule has 0 bridgehead atoms. The van der Waals surface area contributed by atoms with Crippen LogP contribution in [0.2, 0.25) is 0 Å². The van der Waals surface area contributed by atoms with E-state index in [4.69, 9.17) is 4.74 Å². The Morgan fingerprint density at radius 3 is 2.13 bits per heavy atom. The Bertz CT molecular complexity index is 244. The number of hydrogen-bond acceptors (Lipinski definition) is 2. The summed E-state index contributed by atoms with van der Waals surface area (Å²) in [5.74, 6) is -1.40. The van der Waals surface area contributed by atoms with Crippen LogP contribution in [0.1, 0.15) is 27.2 Å². The first-order valence-corrected chi connectivity index (χ1v) is 4.67. The van der Waals surface area contributed by atoms with Crippen LogP contribution in [0, 0.1) is 5.92 Å². The van der Waals surface area contributed by atoms with Gasteiger partial charge in [0, 0.05) is 0 Å². The van der Waals surface area contributed by atoms with Gasteiger partial charge in [-0.05, 0) is 12.3 Å². The molecule has 2 nitrogen and oxygen atoms in total. The maximum absolute atomic E-state index is 12.1. The lowest BCUT2D eigenvalue weighted by molar-refractivity contribution is -0.157. The van der Waals surface area contributed by atoms with Gasteiger partial charge in [0.1, 0.15) is 11.7 Å². The lowest BCUT2D eigenvalue weighted by atomic mass is 10.1. The van der Waals surface area contributed by atoms with Crippen LogP contribution in [0.5, 0.6) is 0 Å². The highest BCUT2D eigenvalue weighted by atomic mass is 19.4. The first-order chi connectivity index (χ1) is 6.70. The van der Waals surface area contributed by atoms with E-state index in [1.807, 2.05) is 0 Å². The molecule has 15 heavy (non-hydrogen) atoms. The quantitative estimate of drug-likeness (QED) is 0.541. The van der Waals surface area contributed by atoms with Gasteiger partial charge < -0.3 is 4.74 Å². The summed E-state index contributed by atoms with van der Waals surface area (Å²) in [4.78, 5) is 11.0. The van der Waals surface area contributed by atoms with Crippen molar-refractivity contribution in [3.63, 3.8) is 0 Å². The van der Waals surface area contributed by atoms with Crippen LogP contribution in [0.4, 0.5) is 13.2 Å². The molecule has 0 N–H and O–H groups in total. The third-order valence-corrected chi connectivity index (χ3v) is 1.99. The molecule has 0 aromatic carbocycles. The van der Waals surface area contributed by atoms with E-state index < -0.39 is 23.8 Å². The van der Waals surface area contributed by atoms with Gasteiger partial charge in [0.05, 0.1) is 0 Å². The molecule has 0 aliphatic rings. The van der Waals surface area contributed by atoms with E-state index in [0.29, 0.717) is 6.42 Å². The summed E-state index contributed by atoms with van der Waals surface area (Å²) in [7, 11) is 0. The fourth-order valence-corrected chi connectivity index (χ4v) is 1.02. The normalized spacial score (nSPS) is 13.8. The second-order valence-corrected chi connectivity index (χ2v) is 3.57. The topological polar surface area (TPSA) is 26.3 Å². The van der Waals surface area contributed by atoms with Crippen LogP contribution in [0.3, 0.4) is 0 Å². The zero-order chi connectivity index (χ0) is 12.2. The summed E-state index contributed by atoms with van der Waals surface area (Å²) in [5.41, 5.74) is -1.46. The van der Waals surface area contributed by atoms with Crippen LogP contribution in [-0.2, 0) is 9.53 Å². The minimum Gasteiger partial charge on any atom is -0.459 e. The van der Waals surface area contributed by atoms with Crippen LogP contribution in [0.15, 0.2) is 12.2 Å². The van der Waals surface area contributed by atoms with Crippen molar-refractivity contribution in [2.24, 2.45) is 5.92 Å². The summed E-state index contributed by atoms with van der Waals surface area (Å²) >= 11 is 0. The van der Waals surface area contributed by atoms with Crippen molar-refractivity contribution >= 4 is 5.97 Å². The standard InChI is InChI=1S/C10H15F3O2/c1-5-8(6(2)3)15-9(14)7(4)10(11,12)13/h6,8H,4-5H2,1-3H3. The first-order valence-electron chi connectivity index (χ1n) is 4.67. The van der Waals surface area contributed by atoms with Crippen molar-refractivity contribution in [1.29, 1.82) is 0 Å². The Labute approximate surface area is 87.1 Å². The molecule has 0 aromatic rings. The maximum atomic E-state index is 12.1. The van der Waals surface area contributed by atoms with Gasteiger partial charge in [0.15, 0.2) is 0 Å². The number of alkyl halides is 3. The Morgan fingerprint density at radius 2 is 1.87 bits per heavy atom. The largest absolute Gasteiger partial charge is 0.459 e. The Hall–Kier alpha value is -1.00. The zero-order valence-corrected chi connectivity index (χ0v) is 9.02. The molecule has 0 heterocycles. The second-order valence-electron chi connectivity index (χ2n) is 3.57.